The zero-order valence-corrected chi connectivity index (χ0v) is 12.5. The van der Waals surface area contributed by atoms with Gasteiger partial charge < -0.3 is 5.32 Å². The van der Waals surface area contributed by atoms with Crippen LogP contribution >= 0.6 is 23.2 Å². The molecule has 1 aromatic carbocycles. The molecule has 0 spiro atoms. The molecule has 2 rings (SSSR count). The summed E-state index contributed by atoms with van der Waals surface area (Å²) in [5, 5.41) is 3.86. The molecule has 1 N–H and O–H groups in total. The molecule has 0 saturated carbocycles. The first-order valence-electron chi connectivity index (χ1n) is 6.55. The van der Waals surface area contributed by atoms with Crippen molar-refractivity contribution in [1.82, 2.24) is 4.90 Å². The lowest BCUT2D eigenvalue weighted by Crippen LogP contribution is -2.42. The molecule has 3 nitrogen and oxygen atoms in total. The van der Waals surface area contributed by atoms with E-state index in [4.69, 9.17) is 23.2 Å². The molecular formula is C14H18Cl2N2O. The molecule has 1 saturated heterocycles. The zero-order valence-electron chi connectivity index (χ0n) is 11.0. The van der Waals surface area contributed by atoms with Crippen LogP contribution in [0.2, 0.25) is 10.0 Å². The second-order valence-corrected chi connectivity index (χ2v) is 5.83. The minimum absolute atomic E-state index is 0.0297. The summed E-state index contributed by atoms with van der Waals surface area (Å²) in [5.74, 6) is -0.0297. The highest BCUT2D eigenvalue weighted by Gasteiger charge is 2.20. The summed E-state index contributed by atoms with van der Waals surface area (Å²) in [7, 11) is 0. The summed E-state index contributed by atoms with van der Waals surface area (Å²) in [6, 6.07) is 5.54. The van der Waals surface area contributed by atoms with Crippen LogP contribution in [0.1, 0.15) is 26.2 Å². The number of hydrogen-bond acceptors (Lipinski definition) is 2. The minimum atomic E-state index is -0.0297. The molecule has 19 heavy (non-hydrogen) atoms. The van der Waals surface area contributed by atoms with Crippen molar-refractivity contribution >= 4 is 34.8 Å². The van der Waals surface area contributed by atoms with E-state index in [0.717, 1.165) is 13.0 Å². The number of benzene rings is 1. The van der Waals surface area contributed by atoms with Gasteiger partial charge in [-0.2, -0.15) is 0 Å². The molecular weight excluding hydrogens is 283 g/mol. The zero-order chi connectivity index (χ0) is 13.8. The lowest BCUT2D eigenvalue weighted by atomic mass is 10.0. The van der Waals surface area contributed by atoms with Gasteiger partial charge in [0.25, 0.3) is 0 Å². The van der Waals surface area contributed by atoms with Crippen molar-refractivity contribution < 1.29 is 4.79 Å². The highest BCUT2D eigenvalue weighted by molar-refractivity contribution is 6.36. The number of carbonyl (C=O) groups excluding carboxylic acids is 1. The molecule has 0 bridgehead atoms. The van der Waals surface area contributed by atoms with Crippen LogP contribution in [-0.2, 0) is 4.79 Å². The average Bonchev–Trinajstić information content (AvgIpc) is 2.36. The molecule has 5 heteroatoms. The van der Waals surface area contributed by atoms with E-state index in [0.29, 0.717) is 28.3 Å². The number of nitrogens with zero attached hydrogens (tertiary/aromatic N) is 1. The molecule has 1 aliphatic heterocycles. The van der Waals surface area contributed by atoms with E-state index in [2.05, 4.69) is 17.1 Å². The van der Waals surface area contributed by atoms with Gasteiger partial charge >= 0.3 is 0 Å². The van der Waals surface area contributed by atoms with Crippen LogP contribution in [0.15, 0.2) is 18.2 Å². The molecule has 0 radical (unpaired) electrons. The lowest BCUT2D eigenvalue weighted by molar-refractivity contribution is -0.118. The van der Waals surface area contributed by atoms with Gasteiger partial charge in [0.1, 0.15) is 0 Å². The van der Waals surface area contributed by atoms with Crippen molar-refractivity contribution in [3.05, 3.63) is 28.2 Å². The second kappa shape index (κ2) is 6.60. The van der Waals surface area contributed by atoms with E-state index in [9.17, 15) is 4.79 Å². The van der Waals surface area contributed by atoms with Gasteiger partial charge in [-0.1, -0.05) is 29.6 Å². The summed E-state index contributed by atoms with van der Waals surface area (Å²) >= 11 is 11.9. The van der Waals surface area contributed by atoms with Crippen LogP contribution in [0, 0.1) is 0 Å². The van der Waals surface area contributed by atoms with E-state index in [1.165, 1.54) is 12.8 Å². The molecule has 0 aliphatic carbocycles. The average molecular weight is 301 g/mol. The van der Waals surface area contributed by atoms with Crippen molar-refractivity contribution in [2.75, 3.05) is 18.4 Å². The van der Waals surface area contributed by atoms with Crippen molar-refractivity contribution in [1.29, 1.82) is 0 Å². The first-order valence-corrected chi connectivity index (χ1v) is 7.31. The number of rotatable bonds is 3. The van der Waals surface area contributed by atoms with Gasteiger partial charge in [-0.25, -0.2) is 0 Å². The van der Waals surface area contributed by atoms with Crippen molar-refractivity contribution in [3.8, 4) is 0 Å². The van der Waals surface area contributed by atoms with Gasteiger partial charge in [-0.05, 0) is 44.5 Å². The van der Waals surface area contributed by atoms with Gasteiger partial charge in [-0.15, -0.1) is 0 Å². The van der Waals surface area contributed by atoms with E-state index in [1.807, 2.05) is 0 Å². The number of hydrogen-bond donors (Lipinski definition) is 1. The van der Waals surface area contributed by atoms with Gasteiger partial charge in [0, 0.05) is 11.1 Å². The molecule has 1 aromatic rings. The quantitative estimate of drug-likeness (QED) is 0.921. The SMILES string of the molecule is C[C@H]1CCCCN1CC(=O)Nc1ccc(Cl)cc1Cl. The number of halogens is 2. The van der Waals surface area contributed by atoms with Crippen LogP contribution in [0.4, 0.5) is 5.69 Å². The number of piperidine rings is 1. The van der Waals surface area contributed by atoms with Gasteiger partial charge in [0.15, 0.2) is 0 Å². The Morgan fingerprint density at radius 3 is 2.89 bits per heavy atom. The third-order valence-corrected chi connectivity index (χ3v) is 4.04. The smallest absolute Gasteiger partial charge is 0.238 e. The van der Waals surface area contributed by atoms with Crippen LogP contribution in [0.25, 0.3) is 0 Å². The van der Waals surface area contributed by atoms with Crippen molar-refractivity contribution in [3.63, 3.8) is 0 Å². The highest BCUT2D eigenvalue weighted by Crippen LogP contribution is 2.25. The third kappa shape index (κ3) is 4.10. The number of carbonyl (C=O) groups is 1. The molecule has 1 atom stereocenters. The van der Waals surface area contributed by atoms with Crippen molar-refractivity contribution in [2.45, 2.75) is 32.2 Å². The number of anilines is 1. The van der Waals surface area contributed by atoms with E-state index >= 15 is 0 Å². The molecule has 0 aromatic heterocycles. The summed E-state index contributed by atoms with van der Waals surface area (Å²) in [6.07, 6.45) is 3.58. The van der Waals surface area contributed by atoms with E-state index < -0.39 is 0 Å². The Morgan fingerprint density at radius 1 is 1.42 bits per heavy atom. The normalized spacial score (nSPS) is 20.3. The summed E-state index contributed by atoms with van der Waals surface area (Å²) in [4.78, 5) is 14.2. The monoisotopic (exact) mass is 300 g/mol. The van der Waals surface area contributed by atoms with Crippen LogP contribution in [0.5, 0.6) is 0 Å². The fourth-order valence-corrected chi connectivity index (χ4v) is 2.81. The Morgan fingerprint density at radius 2 is 2.21 bits per heavy atom. The van der Waals surface area contributed by atoms with Crippen LogP contribution in [0.3, 0.4) is 0 Å². The summed E-state index contributed by atoms with van der Waals surface area (Å²) in [5.41, 5.74) is 0.612. The minimum Gasteiger partial charge on any atom is -0.324 e. The maximum absolute atomic E-state index is 12.0. The van der Waals surface area contributed by atoms with Crippen LogP contribution in [-0.4, -0.2) is 29.9 Å². The Balaban J connectivity index is 1.93. The Kier molecular flexibility index (Phi) is 5.08. The summed E-state index contributed by atoms with van der Waals surface area (Å²) < 4.78 is 0. The first kappa shape index (κ1) is 14.6. The van der Waals surface area contributed by atoms with Gasteiger partial charge in [-0.3, -0.25) is 9.69 Å². The van der Waals surface area contributed by atoms with E-state index in [-0.39, 0.29) is 5.91 Å². The summed E-state index contributed by atoms with van der Waals surface area (Å²) in [6.45, 7) is 3.57. The predicted molar refractivity (Wildman–Crippen MR) is 80.0 cm³/mol. The van der Waals surface area contributed by atoms with Gasteiger partial charge in [0.2, 0.25) is 5.91 Å². The number of likely N-dealkylation sites (tertiary alicyclic amines) is 1. The maximum atomic E-state index is 12.0. The molecule has 1 fully saturated rings. The maximum Gasteiger partial charge on any atom is 0.238 e. The van der Waals surface area contributed by atoms with Crippen LogP contribution < -0.4 is 5.32 Å². The van der Waals surface area contributed by atoms with E-state index in [1.54, 1.807) is 18.2 Å². The largest absolute Gasteiger partial charge is 0.324 e. The fraction of sp³-hybridized carbons (Fsp3) is 0.500. The van der Waals surface area contributed by atoms with Crippen molar-refractivity contribution in [2.24, 2.45) is 0 Å². The molecule has 1 amide bonds. The first-order chi connectivity index (χ1) is 9.06. The Labute approximate surface area is 123 Å². The highest BCUT2D eigenvalue weighted by atomic mass is 35.5. The Bertz CT molecular complexity index is 465. The molecule has 0 unspecified atom stereocenters. The third-order valence-electron chi connectivity index (χ3n) is 3.49. The number of amides is 1. The Hall–Kier alpha value is -0.770. The standard InChI is InChI=1S/C14H18Cl2N2O/c1-10-4-2-3-7-18(10)9-14(19)17-13-6-5-11(15)8-12(13)16/h5-6,8,10H,2-4,7,9H2,1H3,(H,17,19)/t10-/m0/s1. The molecule has 1 aliphatic rings. The fourth-order valence-electron chi connectivity index (χ4n) is 2.36. The topological polar surface area (TPSA) is 32.3 Å². The van der Waals surface area contributed by atoms with Gasteiger partial charge in [0.05, 0.1) is 17.3 Å². The number of nitrogens with one attached hydrogen (secondary N) is 1. The molecule has 104 valence electrons. The molecule has 1 heterocycles. The lowest BCUT2D eigenvalue weighted by Gasteiger charge is -2.32. The second-order valence-electron chi connectivity index (χ2n) is 4.99. The predicted octanol–water partition coefficient (Wildman–Crippen LogP) is 3.81.